The molecule has 2 rings (SSSR count). The average molecular weight is 189 g/mol. The van der Waals surface area contributed by atoms with Gasteiger partial charge in [0.15, 0.2) is 0 Å². The van der Waals surface area contributed by atoms with Gasteiger partial charge in [-0.15, -0.1) is 0 Å². The lowest BCUT2D eigenvalue weighted by atomic mass is 10.1. The van der Waals surface area contributed by atoms with Gasteiger partial charge in [-0.25, -0.2) is 4.98 Å². The molecule has 1 N–H and O–H groups in total. The van der Waals surface area contributed by atoms with Gasteiger partial charge in [-0.1, -0.05) is 6.07 Å². The van der Waals surface area contributed by atoms with E-state index in [1.54, 1.807) is 6.20 Å². The number of hydrogen-bond donors (Lipinski definition) is 1. The summed E-state index contributed by atoms with van der Waals surface area (Å²) >= 11 is 0. The number of ether oxygens (including phenoxy) is 1. The number of nitrogens with one attached hydrogen (secondary N) is 1. The van der Waals surface area contributed by atoms with Gasteiger partial charge in [-0.3, -0.25) is 0 Å². The van der Waals surface area contributed by atoms with Crippen molar-refractivity contribution in [3.63, 3.8) is 0 Å². The van der Waals surface area contributed by atoms with E-state index in [0.717, 1.165) is 18.7 Å². The summed E-state index contributed by atoms with van der Waals surface area (Å²) in [5.41, 5.74) is 1.41. The Labute approximate surface area is 82.5 Å². The fourth-order valence-corrected chi connectivity index (χ4v) is 1.56. The van der Waals surface area contributed by atoms with Gasteiger partial charge in [-0.2, -0.15) is 5.26 Å². The van der Waals surface area contributed by atoms with Crippen LogP contribution in [0.5, 0.6) is 0 Å². The molecule has 2 heterocycles. The molecule has 0 spiro atoms. The Balaban J connectivity index is 2.26. The van der Waals surface area contributed by atoms with E-state index in [2.05, 4.69) is 16.4 Å². The lowest BCUT2D eigenvalue weighted by Gasteiger charge is -2.24. The van der Waals surface area contributed by atoms with Crippen molar-refractivity contribution >= 4 is 0 Å². The first kappa shape index (κ1) is 9.13. The number of rotatable bonds is 1. The molecule has 1 aliphatic heterocycles. The van der Waals surface area contributed by atoms with Crippen molar-refractivity contribution in [2.75, 3.05) is 19.8 Å². The van der Waals surface area contributed by atoms with Crippen molar-refractivity contribution in [3.8, 4) is 6.07 Å². The van der Waals surface area contributed by atoms with Crippen LogP contribution >= 0.6 is 0 Å². The maximum atomic E-state index is 8.87. The molecule has 0 aliphatic carbocycles. The van der Waals surface area contributed by atoms with E-state index in [-0.39, 0.29) is 6.04 Å². The highest BCUT2D eigenvalue weighted by Crippen LogP contribution is 2.17. The van der Waals surface area contributed by atoms with Crippen LogP contribution in [0.3, 0.4) is 0 Å². The summed E-state index contributed by atoms with van der Waals surface area (Å²) in [6, 6.07) is 5.94. The Morgan fingerprint density at radius 3 is 3.29 bits per heavy atom. The molecule has 1 fully saturated rings. The molecule has 0 amide bonds. The van der Waals surface area contributed by atoms with Crippen molar-refractivity contribution in [2.24, 2.45) is 0 Å². The third-order valence-electron chi connectivity index (χ3n) is 2.24. The summed E-state index contributed by atoms with van der Waals surface area (Å²) in [7, 11) is 0. The van der Waals surface area contributed by atoms with Crippen molar-refractivity contribution in [2.45, 2.75) is 6.04 Å². The van der Waals surface area contributed by atoms with Crippen molar-refractivity contribution in [1.29, 1.82) is 5.26 Å². The minimum atomic E-state index is 0.104. The third kappa shape index (κ3) is 1.74. The van der Waals surface area contributed by atoms with E-state index in [4.69, 9.17) is 10.00 Å². The van der Waals surface area contributed by atoms with Crippen LogP contribution in [0.1, 0.15) is 17.3 Å². The molecule has 1 atom stereocenters. The van der Waals surface area contributed by atoms with Gasteiger partial charge < -0.3 is 10.1 Å². The summed E-state index contributed by atoms with van der Waals surface area (Å²) in [5.74, 6) is 0. The zero-order valence-corrected chi connectivity index (χ0v) is 7.73. The highest BCUT2D eigenvalue weighted by atomic mass is 16.5. The summed E-state index contributed by atoms with van der Waals surface area (Å²) < 4.78 is 5.34. The van der Waals surface area contributed by atoms with Crippen LogP contribution in [0.25, 0.3) is 0 Å². The molecular weight excluding hydrogens is 178 g/mol. The number of nitrogens with zero attached hydrogens (tertiary/aromatic N) is 2. The van der Waals surface area contributed by atoms with Gasteiger partial charge in [0.25, 0.3) is 0 Å². The van der Waals surface area contributed by atoms with Crippen LogP contribution < -0.4 is 5.32 Å². The molecule has 0 aromatic carbocycles. The Morgan fingerprint density at radius 2 is 2.57 bits per heavy atom. The summed E-state index contributed by atoms with van der Waals surface area (Å²) in [6.07, 6.45) is 1.63. The quantitative estimate of drug-likeness (QED) is 0.703. The van der Waals surface area contributed by atoms with E-state index < -0.39 is 0 Å². The molecule has 72 valence electrons. The minimum absolute atomic E-state index is 0.104. The van der Waals surface area contributed by atoms with E-state index in [1.165, 1.54) is 0 Å². The fraction of sp³-hybridized carbons (Fsp3) is 0.400. The van der Waals surface area contributed by atoms with Gasteiger partial charge in [0.05, 0.1) is 19.3 Å². The Hall–Kier alpha value is -1.44. The van der Waals surface area contributed by atoms with Crippen LogP contribution in [0, 0.1) is 11.3 Å². The highest BCUT2D eigenvalue weighted by molar-refractivity contribution is 5.33. The molecule has 1 aromatic rings. The van der Waals surface area contributed by atoms with Crippen LogP contribution in [-0.2, 0) is 4.74 Å². The second-order valence-electron chi connectivity index (χ2n) is 3.13. The largest absolute Gasteiger partial charge is 0.378 e. The van der Waals surface area contributed by atoms with Gasteiger partial charge in [0.1, 0.15) is 11.8 Å². The Bertz CT molecular complexity index is 353. The van der Waals surface area contributed by atoms with Crippen molar-refractivity contribution < 1.29 is 4.74 Å². The van der Waals surface area contributed by atoms with E-state index in [9.17, 15) is 0 Å². The number of aromatic nitrogens is 1. The Morgan fingerprint density at radius 1 is 1.64 bits per heavy atom. The SMILES string of the molecule is N#Cc1ncccc1[C@@H]1COCCN1. The third-order valence-corrected chi connectivity index (χ3v) is 2.24. The molecule has 1 aromatic heterocycles. The van der Waals surface area contributed by atoms with E-state index in [1.807, 2.05) is 12.1 Å². The number of hydrogen-bond acceptors (Lipinski definition) is 4. The van der Waals surface area contributed by atoms with Crippen LogP contribution in [0.15, 0.2) is 18.3 Å². The molecule has 4 nitrogen and oxygen atoms in total. The molecule has 0 bridgehead atoms. The second-order valence-corrected chi connectivity index (χ2v) is 3.13. The first-order valence-corrected chi connectivity index (χ1v) is 4.58. The zero-order valence-electron chi connectivity index (χ0n) is 7.73. The zero-order chi connectivity index (χ0) is 9.80. The van der Waals surface area contributed by atoms with Crippen LogP contribution in [0.4, 0.5) is 0 Å². The number of pyridine rings is 1. The van der Waals surface area contributed by atoms with Crippen LogP contribution in [-0.4, -0.2) is 24.7 Å². The summed E-state index contributed by atoms with van der Waals surface area (Å²) in [6.45, 7) is 2.17. The van der Waals surface area contributed by atoms with E-state index in [0.29, 0.717) is 12.3 Å². The summed E-state index contributed by atoms with van der Waals surface area (Å²) in [4.78, 5) is 4.02. The maximum Gasteiger partial charge on any atom is 0.145 e. The normalized spacial score (nSPS) is 21.5. The monoisotopic (exact) mass is 189 g/mol. The number of morpholine rings is 1. The molecule has 4 heteroatoms. The van der Waals surface area contributed by atoms with E-state index >= 15 is 0 Å². The predicted octanol–water partition coefficient (Wildman–Crippen LogP) is 0.614. The van der Waals surface area contributed by atoms with Gasteiger partial charge >= 0.3 is 0 Å². The predicted molar refractivity (Wildman–Crippen MR) is 50.5 cm³/mol. The molecule has 14 heavy (non-hydrogen) atoms. The first-order valence-electron chi connectivity index (χ1n) is 4.58. The van der Waals surface area contributed by atoms with Crippen molar-refractivity contribution in [3.05, 3.63) is 29.6 Å². The van der Waals surface area contributed by atoms with Gasteiger partial charge in [0.2, 0.25) is 0 Å². The topological polar surface area (TPSA) is 57.9 Å². The lowest BCUT2D eigenvalue weighted by molar-refractivity contribution is 0.0767. The smallest absolute Gasteiger partial charge is 0.145 e. The minimum Gasteiger partial charge on any atom is -0.378 e. The van der Waals surface area contributed by atoms with Gasteiger partial charge in [-0.05, 0) is 6.07 Å². The number of nitriles is 1. The van der Waals surface area contributed by atoms with Crippen LogP contribution in [0.2, 0.25) is 0 Å². The summed E-state index contributed by atoms with van der Waals surface area (Å²) in [5, 5.41) is 12.2. The fourth-order valence-electron chi connectivity index (χ4n) is 1.56. The lowest BCUT2D eigenvalue weighted by Crippen LogP contribution is -2.35. The highest BCUT2D eigenvalue weighted by Gasteiger charge is 2.18. The second kappa shape index (κ2) is 4.18. The van der Waals surface area contributed by atoms with Gasteiger partial charge in [0, 0.05) is 18.3 Å². The molecule has 0 unspecified atom stereocenters. The molecular formula is C10H11N3O. The Kier molecular flexibility index (Phi) is 2.73. The van der Waals surface area contributed by atoms with Crippen molar-refractivity contribution in [1.82, 2.24) is 10.3 Å². The molecule has 1 aliphatic rings. The molecule has 1 saturated heterocycles. The maximum absolute atomic E-state index is 8.87. The first-order chi connectivity index (χ1) is 6.92. The molecule has 0 saturated carbocycles. The average Bonchev–Trinajstić information content (AvgIpc) is 2.30. The standard InChI is InChI=1S/C10H11N3O/c11-6-9-8(2-1-3-12-9)10-7-14-5-4-13-10/h1-3,10,13H,4-5,7H2/t10-/m0/s1. The molecule has 0 radical (unpaired) electrons.